The first kappa shape index (κ1) is 13.4. The van der Waals surface area contributed by atoms with Gasteiger partial charge in [0.05, 0.1) is 21.5 Å². The minimum absolute atomic E-state index is 0.0464. The van der Waals surface area contributed by atoms with Crippen LogP contribution in [-0.4, -0.2) is 19.5 Å². The number of benzene rings is 2. The molecule has 6 heteroatoms. The second-order valence-electron chi connectivity index (χ2n) is 5.24. The largest absolute Gasteiger partial charge is 0.320 e. The van der Waals surface area contributed by atoms with Gasteiger partial charge >= 0.3 is 0 Å². The molecule has 0 fully saturated rings. The Bertz CT molecular complexity index is 1100. The van der Waals surface area contributed by atoms with Crippen LogP contribution in [0.4, 0.5) is 5.69 Å². The predicted molar refractivity (Wildman–Crippen MR) is 89.4 cm³/mol. The van der Waals surface area contributed by atoms with E-state index in [4.69, 9.17) is 4.98 Å². The molecule has 0 aliphatic carbocycles. The van der Waals surface area contributed by atoms with Gasteiger partial charge in [-0.3, -0.25) is 10.1 Å². The molecule has 112 valence electrons. The van der Waals surface area contributed by atoms with Gasteiger partial charge < -0.3 is 4.57 Å². The highest BCUT2D eigenvalue weighted by Gasteiger charge is 2.17. The summed E-state index contributed by atoms with van der Waals surface area (Å²) in [7, 11) is 0. The minimum atomic E-state index is -0.398. The van der Waals surface area contributed by atoms with Crippen molar-refractivity contribution in [3.8, 4) is 0 Å². The number of non-ortho nitro benzene ring substituents is 1. The third-order valence-electron chi connectivity index (χ3n) is 3.86. The fourth-order valence-corrected chi connectivity index (χ4v) is 2.85. The molecule has 0 aliphatic rings. The average Bonchev–Trinajstić information content (AvgIpc) is 2.86. The lowest BCUT2D eigenvalue weighted by molar-refractivity contribution is -0.384. The maximum absolute atomic E-state index is 11.1. The first-order chi connectivity index (χ1) is 11.2. The number of para-hydroxylation sites is 2. The van der Waals surface area contributed by atoms with Crippen molar-refractivity contribution < 1.29 is 4.92 Å². The van der Waals surface area contributed by atoms with Crippen LogP contribution in [0.5, 0.6) is 0 Å². The Hall–Kier alpha value is -3.28. The molecular weight excluding hydrogens is 292 g/mol. The second kappa shape index (κ2) is 4.88. The Morgan fingerprint density at radius 3 is 2.61 bits per heavy atom. The maximum atomic E-state index is 11.1. The minimum Gasteiger partial charge on any atom is -0.320 e. The van der Waals surface area contributed by atoms with Crippen molar-refractivity contribution in [2.45, 2.75) is 6.54 Å². The standard InChI is InChI=1S/C17H12N4O2/c1-2-9-20-15-8-7-11(21(22)23)10-12(15)16-17(20)19-14-6-4-3-5-13(14)18-16/h2-8,10H,1,9H2. The van der Waals surface area contributed by atoms with Gasteiger partial charge in [0.2, 0.25) is 0 Å². The zero-order valence-electron chi connectivity index (χ0n) is 12.1. The molecule has 0 radical (unpaired) electrons. The quantitative estimate of drug-likeness (QED) is 0.327. The number of aromatic nitrogens is 3. The van der Waals surface area contributed by atoms with Gasteiger partial charge in [0.25, 0.3) is 5.69 Å². The average molecular weight is 304 g/mol. The number of fused-ring (bicyclic) bond motifs is 4. The van der Waals surface area contributed by atoms with E-state index in [0.29, 0.717) is 17.7 Å². The van der Waals surface area contributed by atoms with Gasteiger partial charge in [-0.25, -0.2) is 9.97 Å². The summed E-state index contributed by atoms with van der Waals surface area (Å²) in [6.07, 6.45) is 1.77. The summed E-state index contributed by atoms with van der Waals surface area (Å²) in [6, 6.07) is 12.4. The van der Waals surface area contributed by atoms with Gasteiger partial charge in [0, 0.05) is 24.1 Å². The summed E-state index contributed by atoms with van der Waals surface area (Å²) in [4.78, 5) is 20.0. The highest BCUT2D eigenvalue weighted by molar-refractivity contribution is 6.07. The third-order valence-corrected chi connectivity index (χ3v) is 3.86. The summed E-state index contributed by atoms with van der Waals surface area (Å²) < 4.78 is 1.97. The molecule has 0 saturated carbocycles. The summed E-state index contributed by atoms with van der Waals surface area (Å²) in [5.74, 6) is 0. The van der Waals surface area contributed by atoms with Gasteiger partial charge in [0.1, 0.15) is 5.52 Å². The monoisotopic (exact) mass is 304 g/mol. The van der Waals surface area contributed by atoms with Gasteiger partial charge in [-0.1, -0.05) is 18.2 Å². The number of rotatable bonds is 3. The lowest BCUT2D eigenvalue weighted by Crippen LogP contribution is -1.97. The highest BCUT2D eigenvalue weighted by atomic mass is 16.6. The molecule has 0 bridgehead atoms. The molecular formula is C17H12N4O2. The smallest absolute Gasteiger partial charge is 0.270 e. The Morgan fingerprint density at radius 1 is 1.17 bits per heavy atom. The van der Waals surface area contributed by atoms with Crippen molar-refractivity contribution in [3.05, 3.63) is 65.2 Å². The first-order valence-electron chi connectivity index (χ1n) is 7.13. The van der Waals surface area contributed by atoms with Crippen LogP contribution in [0.3, 0.4) is 0 Å². The Kier molecular flexibility index (Phi) is 2.84. The number of allylic oxidation sites excluding steroid dienone is 1. The third kappa shape index (κ3) is 1.96. The second-order valence-corrected chi connectivity index (χ2v) is 5.24. The predicted octanol–water partition coefficient (Wildman–Crippen LogP) is 3.83. The van der Waals surface area contributed by atoms with E-state index in [1.54, 1.807) is 18.2 Å². The molecule has 0 saturated heterocycles. The van der Waals surface area contributed by atoms with Crippen molar-refractivity contribution in [1.82, 2.24) is 14.5 Å². The van der Waals surface area contributed by atoms with E-state index in [1.165, 1.54) is 6.07 Å². The Morgan fingerprint density at radius 2 is 1.91 bits per heavy atom. The van der Waals surface area contributed by atoms with Crippen molar-refractivity contribution >= 4 is 38.8 Å². The van der Waals surface area contributed by atoms with Crippen molar-refractivity contribution in [2.24, 2.45) is 0 Å². The number of hydrogen-bond donors (Lipinski definition) is 0. The highest BCUT2D eigenvalue weighted by Crippen LogP contribution is 2.30. The Labute approximate surface area is 130 Å². The van der Waals surface area contributed by atoms with Crippen LogP contribution in [0.15, 0.2) is 55.1 Å². The molecule has 2 aromatic heterocycles. The van der Waals surface area contributed by atoms with E-state index in [9.17, 15) is 10.1 Å². The van der Waals surface area contributed by atoms with Crippen LogP contribution >= 0.6 is 0 Å². The zero-order chi connectivity index (χ0) is 16.0. The van der Waals surface area contributed by atoms with Gasteiger partial charge in [-0.05, 0) is 18.2 Å². The fraction of sp³-hybridized carbons (Fsp3) is 0.0588. The Balaban J connectivity index is 2.19. The molecule has 4 rings (SSSR count). The van der Waals surface area contributed by atoms with Gasteiger partial charge in [-0.2, -0.15) is 0 Å². The SMILES string of the molecule is C=CCn1c2ccc([N+](=O)[O-])cc2c2nc3ccccc3nc21. The lowest BCUT2D eigenvalue weighted by atomic mass is 10.2. The molecule has 2 aromatic carbocycles. The number of nitro benzene ring substituents is 1. The van der Waals surface area contributed by atoms with Crippen LogP contribution in [0.25, 0.3) is 33.1 Å². The lowest BCUT2D eigenvalue weighted by Gasteiger charge is -2.03. The van der Waals surface area contributed by atoms with Crippen LogP contribution in [0, 0.1) is 10.1 Å². The molecule has 23 heavy (non-hydrogen) atoms. The zero-order valence-corrected chi connectivity index (χ0v) is 12.1. The molecule has 0 spiro atoms. The van der Waals surface area contributed by atoms with Crippen LogP contribution in [0.1, 0.15) is 0 Å². The van der Waals surface area contributed by atoms with E-state index in [0.717, 1.165) is 21.9 Å². The number of hydrogen-bond acceptors (Lipinski definition) is 4. The molecule has 0 N–H and O–H groups in total. The van der Waals surface area contributed by atoms with Crippen molar-refractivity contribution in [3.63, 3.8) is 0 Å². The maximum Gasteiger partial charge on any atom is 0.270 e. The van der Waals surface area contributed by atoms with Crippen molar-refractivity contribution in [2.75, 3.05) is 0 Å². The van der Waals surface area contributed by atoms with E-state index in [-0.39, 0.29) is 5.69 Å². The molecule has 0 unspecified atom stereocenters. The summed E-state index contributed by atoms with van der Waals surface area (Å²) >= 11 is 0. The van der Waals surface area contributed by atoms with Crippen LogP contribution in [0.2, 0.25) is 0 Å². The van der Waals surface area contributed by atoms with E-state index < -0.39 is 4.92 Å². The van der Waals surface area contributed by atoms with Gasteiger partial charge in [-0.15, -0.1) is 6.58 Å². The number of nitro groups is 1. The van der Waals surface area contributed by atoms with E-state index in [1.807, 2.05) is 28.8 Å². The normalized spacial score (nSPS) is 11.3. The van der Waals surface area contributed by atoms with Crippen LogP contribution < -0.4 is 0 Å². The number of nitrogens with zero attached hydrogens (tertiary/aromatic N) is 4. The molecule has 0 atom stereocenters. The van der Waals surface area contributed by atoms with Gasteiger partial charge in [0.15, 0.2) is 5.65 Å². The van der Waals surface area contributed by atoms with Crippen LogP contribution in [-0.2, 0) is 6.54 Å². The molecule has 0 amide bonds. The molecule has 2 heterocycles. The first-order valence-corrected chi connectivity index (χ1v) is 7.13. The summed E-state index contributed by atoms with van der Waals surface area (Å²) in [5.41, 5.74) is 3.85. The molecule has 4 aromatic rings. The summed E-state index contributed by atoms with van der Waals surface area (Å²) in [5, 5.41) is 11.8. The topological polar surface area (TPSA) is 73.8 Å². The fourth-order valence-electron chi connectivity index (χ4n) is 2.85. The van der Waals surface area contributed by atoms with E-state index >= 15 is 0 Å². The van der Waals surface area contributed by atoms with E-state index in [2.05, 4.69) is 11.6 Å². The van der Waals surface area contributed by atoms with Crippen molar-refractivity contribution in [1.29, 1.82) is 0 Å². The summed E-state index contributed by atoms with van der Waals surface area (Å²) in [6.45, 7) is 4.34. The molecule has 6 nitrogen and oxygen atoms in total. The molecule has 0 aliphatic heterocycles.